The second kappa shape index (κ2) is 5.99. The second-order valence-electron chi connectivity index (χ2n) is 3.70. The van der Waals surface area contributed by atoms with E-state index in [1.807, 2.05) is 0 Å². The number of nitrogens with zero attached hydrogens (tertiary/aromatic N) is 2. The first-order chi connectivity index (χ1) is 8.52. The molecule has 3 nitrogen and oxygen atoms in total. The maximum absolute atomic E-state index is 12.8. The lowest BCUT2D eigenvalue weighted by Gasteiger charge is -2.13. The molecule has 0 atom stereocenters. The molecule has 2 aromatic rings. The third-order valence-corrected chi connectivity index (χ3v) is 2.53. The molecular formula is C12H11ClF3N3. The zero-order chi connectivity index (χ0) is 13.2. The van der Waals surface area contributed by atoms with Crippen LogP contribution in [0.5, 0.6) is 0 Å². The predicted octanol–water partition coefficient (Wildman–Crippen LogP) is 3.04. The molecule has 0 amide bonds. The maximum atomic E-state index is 12.8. The Kier molecular flexibility index (Phi) is 4.85. The van der Waals surface area contributed by atoms with Crippen LogP contribution in [0.15, 0.2) is 36.9 Å². The van der Waals surface area contributed by atoms with Gasteiger partial charge in [0.05, 0.1) is 5.56 Å². The smallest absolute Gasteiger partial charge is 0.326 e. The number of nitrogens with two attached hydrogens (primary N) is 1. The van der Waals surface area contributed by atoms with Crippen molar-refractivity contribution in [2.24, 2.45) is 5.73 Å². The SMILES string of the molecule is Cl.NCc1ccc(-c2cncnc2)cc1C(F)(F)F. The second-order valence-corrected chi connectivity index (χ2v) is 3.70. The third-order valence-electron chi connectivity index (χ3n) is 2.53. The topological polar surface area (TPSA) is 51.8 Å². The van der Waals surface area contributed by atoms with Gasteiger partial charge in [-0.2, -0.15) is 13.2 Å². The van der Waals surface area contributed by atoms with Gasteiger partial charge in [0.2, 0.25) is 0 Å². The van der Waals surface area contributed by atoms with Gasteiger partial charge in [-0.1, -0.05) is 12.1 Å². The van der Waals surface area contributed by atoms with E-state index in [1.165, 1.54) is 24.8 Å². The zero-order valence-electron chi connectivity index (χ0n) is 9.69. The Labute approximate surface area is 114 Å². The fourth-order valence-electron chi connectivity index (χ4n) is 1.65. The van der Waals surface area contributed by atoms with Gasteiger partial charge in [-0.05, 0) is 17.2 Å². The molecule has 19 heavy (non-hydrogen) atoms. The Hall–Kier alpha value is -1.66. The van der Waals surface area contributed by atoms with Crippen molar-refractivity contribution in [1.29, 1.82) is 0 Å². The lowest BCUT2D eigenvalue weighted by molar-refractivity contribution is -0.138. The number of halogens is 4. The highest BCUT2D eigenvalue weighted by molar-refractivity contribution is 5.85. The van der Waals surface area contributed by atoms with Crippen molar-refractivity contribution in [1.82, 2.24) is 9.97 Å². The van der Waals surface area contributed by atoms with Gasteiger partial charge in [-0.15, -0.1) is 12.4 Å². The molecule has 1 aromatic heterocycles. The number of aromatic nitrogens is 2. The summed E-state index contributed by atoms with van der Waals surface area (Å²) < 4.78 is 38.5. The molecule has 2 N–H and O–H groups in total. The Bertz CT molecular complexity index is 544. The van der Waals surface area contributed by atoms with Crippen LogP contribution in [0.25, 0.3) is 11.1 Å². The third kappa shape index (κ3) is 3.42. The lowest BCUT2D eigenvalue weighted by atomic mass is 10.0. The van der Waals surface area contributed by atoms with Crippen LogP contribution < -0.4 is 5.73 Å². The fourth-order valence-corrected chi connectivity index (χ4v) is 1.65. The van der Waals surface area contributed by atoms with Gasteiger partial charge < -0.3 is 5.73 Å². The zero-order valence-corrected chi connectivity index (χ0v) is 10.5. The van der Waals surface area contributed by atoms with Gasteiger partial charge in [-0.3, -0.25) is 0 Å². The van der Waals surface area contributed by atoms with Gasteiger partial charge in [-0.25, -0.2) is 9.97 Å². The average Bonchev–Trinajstić information content (AvgIpc) is 2.38. The van der Waals surface area contributed by atoms with Crippen LogP contribution in [0.3, 0.4) is 0 Å². The molecule has 0 fully saturated rings. The maximum Gasteiger partial charge on any atom is 0.416 e. The Morgan fingerprint density at radius 1 is 1.05 bits per heavy atom. The predicted molar refractivity (Wildman–Crippen MR) is 67.6 cm³/mol. The molecule has 0 unspecified atom stereocenters. The lowest BCUT2D eigenvalue weighted by Crippen LogP contribution is -2.12. The van der Waals surface area contributed by atoms with E-state index >= 15 is 0 Å². The average molecular weight is 290 g/mol. The van der Waals surface area contributed by atoms with Crippen LogP contribution in [0.4, 0.5) is 13.2 Å². The van der Waals surface area contributed by atoms with Gasteiger partial charge in [0.15, 0.2) is 0 Å². The van der Waals surface area contributed by atoms with Crippen LogP contribution in [0.1, 0.15) is 11.1 Å². The van der Waals surface area contributed by atoms with Crippen molar-refractivity contribution >= 4 is 12.4 Å². The van der Waals surface area contributed by atoms with Gasteiger partial charge in [0.25, 0.3) is 0 Å². The highest BCUT2D eigenvalue weighted by atomic mass is 35.5. The molecule has 2 rings (SSSR count). The number of rotatable bonds is 2. The normalized spacial score (nSPS) is 10.9. The fraction of sp³-hybridized carbons (Fsp3) is 0.167. The van der Waals surface area contributed by atoms with Crippen LogP contribution in [-0.4, -0.2) is 9.97 Å². The molecule has 1 heterocycles. The van der Waals surface area contributed by atoms with E-state index in [0.717, 1.165) is 6.07 Å². The summed E-state index contributed by atoms with van der Waals surface area (Å²) in [6.07, 6.45) is -0.169. The molecule has 0 saturated carbocycles. The minimum atomic E-state index is -4.42. The molecule has 102 valence electrons. The minimum Gasteiger partial charge on any atom is -0.326 e. The van der Waals surface area contributed by atoms with Crippen LogP contribution >= 0.6 is 12.4 Å². The van der Waals surface area contributed by atoms with Crippen LogP contribution in [-0.2, 0) is 12.7 Å². The van der Waals surface area contributed by atoms with Gasteiger partial charge >= 0.3 is 6.18 Å². The molecule has 0 radical (unpaired) electrons. The highest BCUT2D eigenvalue weighted by Gasteiger charge is 2.33. The monoisotopic (exact) mass is 289 g/mol. The molecule has 0 aliphatic carbocycles. The van der Waals surface area contributed by atoms with Crippen molar-refractivity contribution in [3.8, 4) is 11.1 Å². The van der Waals surface area contributed by atoms with E-state index in [4.69, 9.17) is 5.73 Å². The number of benzene rings is 1. The quantitative estimate of drug-likeness (QED) is 0.924. The Morgan fingerprint density at radius 3 is 2.21 bits per heavy atom. The van der Waals surface area contributed by atoms with E-state index in [2.05, 4.69) is 9.97 Å². The molecule has 0 bridgehead atoms. The molecule has 0 saturated heterocycles. The van der Waals surface area contributed by atoms with E-state index < -0.39 is 11.7 Å². The van der Waals surface area contributed by atoms with Crippen molar-refractivity contribution in [3.05, 3.63) is 48.0 Å². The van der Waals surface area contributed by atoms with E-state index in [9.17, 15) is 13.2 Å². The largest absolute Gasteiger partial charge is 0.416 e. The highest BCUT2D eigenvalue weighted by Crippen LogP contribution is 2.34. The van der Waals surface area contributed by atoms with E-state index in [0.29, 0.717) is 11.1 Å². The summed E-state index contributed by atoms with van der Waals surface area (Å²) in [4.78, 5) is 7.56. The molecular weight excluding hydrogens is 279 g/mol. The number of hydrogen-bond acceptors (Lipinski definition) is 3. The molecule has 1 aromatic carbocycles. The summed E-state index contributed by atoms with van der Waals surface area (Å²) in [5.41, 5.74) is 5.62. The Balaban J connectivity index is 0.00000180. The van der Waals surface area contributed by atoms with Crippen molar-refractivity contribution in [2.75, 3.05) is 0 Å². The van der Waals surface area contributed by atoms with Crippen LogP contribution in [0.2, 0.25) is 0 Å². The summed E-state index contributed by atoms with van der Waals surface area (Å²) in [7, 11) is 0. The minimum absolute atomic E-state index is 0. The van der Waals surface area contributed by atoms with Crippen molar-refractivity contribution in [3.63, 3.8) is 0 Å². The van der Waals surface area contributed by atoms with E-state index in [-0.39, 0.29) is 24.5 Å². The summed E-state index contributed by atoms with van der Waals surface area (Å²) in [6.45, 7) is -0.152. The summed E-state index contributed by atoms with van der Waals surface area (Å²) in [5, 5.41) is 0. The first kappa shape index (κ1) is 15.4. The molecule has 0 aliphatic rings. The number of hydrogen-bond donors (Lipinski definition) is 1. The summed E-state index contributed by atoms with van der Waals surface area (Å²) in [5.74, 6) is 0. The molecule has 7 heteroatoms. The number of alkyl halides is 3. The Morgan fingerprint density at radius 2 is 1.68 bits per heavy atom. The molecule has 0 aliphatic heterocycles. The van der Waals surface area contributed by atoms with Crippen molar-refractivity contribution < 1.29 is 13.2 Å². The first-order valence-corrected chi connectivity index (χ1v) is 5.18. The van der Waals surface area contributed by atoms with Crippen LogP contribution in [0, 0.1) is 0 Å². The molecule has 0 spiro atoms. The van der Waals surface area contributed by atoms with Gasteiger partial charge in [0, 0.05) is 24.5 Å². The van der Waals surface area contributed by atoms with Gasteiger partial charge in [0.1, 0.15) is 6.33 Å². The standard InChI is InChI=1S/C12H10F3N3.ClH/c13-12(14,15)11-3-8(1-2-9(11)4-16)10-5-17-7-18-6-10;/h1-3,5-7H,4,16H2;1H. The summed E-state index contributed by atoms with van der Waals surface area (Å²) >= 11 is 0. The van der Waals surface area contributed by atoms with E-state index in [1.54, 1.807) is 6.07 Å². The first-order valence-electron chi connectivity index (χ1n) is 5.18. The summed E-state index contributed by atoms with van der Waals surface area (Å²) in [6, 6.07) is 4.03. The van der Waals surface area contributed by atoms with Crippen molar-refractivity contribution in [2.45, 2.75) is 12.7 Å².